The summed E-state index contributed by atoms with van der Waals surface area (Å²) in [5.74, 6) is 0.422. The van der Waals surface area contributed by atoms with Crippen LogP contribution in [0.4, 0.5) is 10.2 Å². The number of hydrogen-bond acceptors (Lipinski definition) is 3. The Bertz CT molecular complexity index is 548. The summed E-state index contributed by atoms with van der Waals surface area (Å²) in [6.45, 7) is 3.97. The van der Waals surface area contributed by atoms with Crippen LogP contribution in [-0.2, 0) is 4.74 Å². The molecule has 0 atom stereocenters. The maximum atomic E-state index is 13.4. The lowest BCUT2D eigenvalue weighted by Crippen LogP contribution is -2.10. The molecular formula is C13H14BrFN2O. The molecule has 5 heteroatoms. The second-order valence-electron chi connectivity index (χ2n) is 3.78. The number of aromatic nitrogens is 1. The fourth-order valence-electron chi connectivity index (χ4n) is 1.61. The monoisotopic (exact) mass is 312 g/mol. The summed E-state index contributed by atoms with van der Waals surface area (Å²) in [7, 11) is 0. The molecule has 1 N–H and O–H groups in total. The van der Waals surface area contributed by atoms with E-state index in [9.17, 15) is 4.39 Å². The fraction of sp³-hybridized carbons (Fsp3) is 0.308. The minimum absolute atomic E-state index is 0.304. The molecule has 2 aromatic rings. The van der Waals surface area contributed by atoms with Crippen LogP contribution in [0.15, 0.2) is 28.7 Å². The lowest BCUT2D eigenvalue weighted by molar-refractivity contribution is 0.158. The van der Waals surface area contributed by atoms with Gasteiger partial charge in [0.2, 0.25) is 0 Å². The van der Waals surface area contributed by atoms with Crippen molar-refractivity contribution >= 4 is 32.7 Å². The second kappa shape index (κ2) is 6.11. The van der Waals surface area contributed by atoms with Crippen molar-refractivity contribution in [2.24, 2.45) is 0 Å². The van der Waals surface area contributed by atoms with E-state index in [1.165, 1.54) is 6.07 Å². The van der Waals surface area contributed by atoms with Crippen molar-refractivity contribution in [2.45, 2.75) is 6.92 Å². The zero-order chi connectivity index (χ0) is 13.0. The average molecular weight is 313 g/mol. The maximum Gasteiger partial charge on any atom is 0.139 e. The van der Waals surface area contributed by atoms with Crippen LogP contribution in [0.25, 0.3) is 10.9 Å². The first-order valence-corrected chi connectivity index (χ1v) is 6.57. The van der Waals surface area contributed by atoms with Gasteiger partial charge in [0.1, 0.15) is 11.6 Å². The first kappa shape index (κ1) is 13.2. The first-order chi connectivity index (χ1) is 8.70. The van der Waals surface area contributed by atoms with Gasteiger partial charge in [-0.15, -0.1) is 0 Å². The highest BCUT2D eigenvalue weighted by Crippen LogP contribution is 2.23. The van der Waals surface area contributed by atoms with Crippen LogP contribution in [0.2, 0.25) is 0 Å². The number of nitrogens with one attached hydrogen (secondary N) is 1. The summed E-state index contributed by atoms with van der Waals surface area (Å²) in [5.41, 5.74) is 0.636. The molecule has 0 radical (unpaired) electrons. The summed E-state index contributed by atoms with van der Waals surface area (Å²) in [6.07, 6.45) is 0. The van der Waals surface area contributed by atoms with Crippen LogP contribution in [0.5, 0.6) is 0 Å². The predicted octanol–water partition coefficient (Wildman–Crippen LogP) is 3.58. The van der Waals surface area contributed by atoms with Crippen molar-refractivity contribution in [3.63, 3.8) is 0 Å². The van der Waals surface area contributed by atoms with Gasteiger partial charge in [0, 0.05) is 24.6 Å². The largest absolute Gasteiger partial charge is 0.380 e. The van der Waals surface area contributed by atoms with Crippen molar-refractivity contribution in [3.8, 4) is 0 Å². The summed E-state index contributed by atoms with van der Waals surface area (Å²) >= 11 is 3.16. The van der Waals surface area contributed by atoms with Crippen LogP contribution < -0.4 is 5.32 Å². The highest BCUT2D eigenvalue weighted by molar-refractivity contribution is 9.10. The van der Waals surface area contributed by atoms with Gasteiger partial charge in [-0.3, -0.25) is 0 Å². The number of anilines is 1. The number of fused-ring (bicyclic) bond motifs is 1. The highest BCUT2D eigenvalue weighted by Gasteiger charge is 2.04. The van der Waals surface area contributed by atoms with Crippen LogP contribution in [-0.4, -0.2) is 24.7 Å². The molecule has 2 rings (SSSR count). The zero-order valence-electron chi connectivity index (χ0n) is 10.0. The van der Waals surface area contributed by atoms with Gasteiger partial charge in [-0.25, -0.2) is 9.37 Å². The van der Waals surface area contributed by atoms with Crippen LogP contribution >= 0.6 is 15.9 Å². The quantitative estimate of drug-likeness (QED) is 0.857. The number of hydrogen-bond donors (Lipinski definition) is 1. The van der Waals surface area contributed by atoms with Crippen molar-refractivity contribution in [1.82, 2.24) is 4.98 Å². The van der Waals surface area contributed by atoms with Crippen LogP contribution in [0.1, 0.15) is 6.92 Å². The zero-order valence-corrected chi connectivity index (χ0v) is 11.6. The smallest absolute Gasteiger partial charge is 0.139 e. The molecule has 96 valence electrons. The number of ether oxygens (including phenoxy) is 1. The molecule has 0 aliphatic rings. The molecule has 0 spiro atoms. The van der Waals surface area contributed by atoms with E-state index < -0.39 is 0 Å². The second-order valence-corrected chi connectivity index (χ2v) is 4.63. The summed E-state index contributed by atoms with van der Waals surface area (Å²) < 4.78 is 19.1. The van der Waals surface area contributed by atoms with Gasteiger partial charge in [0.25, 0.3) is 0 Å². The third-order valence-electron chi connectivity index (χ3n) is 2.49. The number of benzene rings is 1. The van der Waals surface area contributed by atoms with E-state index in [0.29, 0.717) is 29.7 Å². The molecule has 18 heavy (non-hydrogen) atoms. The Labute approximate surface area is 113 Å². The van der Waals surface area contributed by atoms with E-state index >= 15 is 0 Å². The van der Waals surface area contributed by atoms with E-state index in [-0.39, 0.29) is 5.82 Å². The predicted molar refractivity (Wildman–Crippen MR) is 74.4 cm³/mol. The van der Waals surface area contributed by atoms with Crippen molar-refractivity contribution < 1.29 is 9.13 Å². The van der Waals surface area contributed by atoms with Gasteiger partial charge in [0.05, 0.1) is 16.6 Å². The third-order valence-corrected chi connectivity index (χ3v) is 3.10. The molecule has 0 bridgehead atoms. The number of nitrogens with zero attached hydrogens (tertiary/aromatic N) is 1. The molecule has 1 aromatic heterocycles. The van der Waals surface area contributed by atoms with Gasteiger partial charge < -0.3 is 10.1 Å². The molecule has 0 saturated heterocycles. The first-order valence-electron chi connectivity index (χ1n) is 5.78. The maximum absolute atomic E-state index is 13.4. The lowest BCUT2D eigenvalue weighted by Gasteiger charge is -2.07. The molecule has 0 aliphatic heterocycles. The van der Waals surface area contributed by atoms with Gasteiger partial charge in [-0.05, 0) is 41.1 Å². The SMILES string of the molecule is CCOCCNc1ccc2cc(Br)c(F)cc2n1. The Morgan fingerprint density at radius 2 is 2.22 bits per heavy atom. The molecule has 0 unspecified atom stereocenters. The molecule has 0 aliphatic carbocycles. The fourth-order valence-corrected chi connectivity index (χ4v) is 1.97. The van der Waals surface area contributed by atoms with Crippen molar-refractivity contribution in [1.29, 1.82) is 0 Å². The molecule has 0 saturated carbocycles. The van der Waals surface area contributed by atoms with Gasteiger partial charge >= 0.3 is 0 Å². The molecule has 1 aromatic carbocycles. The number of halogens is 2. The van der Waals surface area contributed by atoms with E-state index in [0.717, 1.165) is 11.2 Å². The highest BCUT2D eigenvalue weighted by atomic mass is 79.9. The lowest BCUT2D eigenvalue weighted by atomic mass is 10.2. The normalized spacial score (nSPS) is 10.8. The molecule has 0 fully saturated rings. The van der Waals surface area contributed by atoms with Crippen LogP contribution in [0, 0.1) is 5.82 Å². The van der Waals surface area contributed by atoms with Crippen LogP contribution in [0.3, 0.4) is 0 Å². The Hall–Kier alpha value is -1.20. The Morgan fingerprint density at radius 3 is 3.00 bits per heavy atom. The minimum Gasteiger partial charge on any atom is -0.380 e. The van der Waals surface area contributed by atoms with Gasteiger partial charge in [-0.2, -0.15) is 0 Å². The number of rotatable bonds is 5. The molecular weight excluding hydrogens is 299 g/mol. The average Bonchev–Trinajstić information content (AvgIpc) is 2.36. The summed E-state index contributed by atoms with van der Waals surface area (Å²) in [4.78, 5) is 4.35. The van der Waals surface area contributed by atoms with E-state index in [4.69, 9.17) is 4.74 Å². The summed E-state index contributed by atoms with van der Waals surface area (Å²) in [5, 5.41) is 4.04. The topological polar surface area (TPSA) is 34.1 Å². The standard InChI is InChI=1S/C13H14BrFN2O/c1-2-18-6-5-16-13-4-3-9-7-10(14)11(15)8-12(9)17-13/h3-4,7-8H,2,5-6H2,1H3,(H,16,17). The Kier molecular flexibility index (Phi) is 4.49. The molecule has 3 nitrogen and oxygen atoms in total. The number of pyridine rings is 1. The Balaban J connectivity index is 2.14. The Morgan fingerprint density at radius 1 is 1.39 bits per heavy atom. The third kappa shape index (κ3) is 3.17. The van der Waals surface area contributed by atoms with E-state index in [1.807, 2.05) is 19.1 Å². The van der Waals surface area contributed by atoms with Gasteiger partial charge in [0.15, 0.2) is 0 Å². The van der Waals surface area contributed by atoms with Crippen molar-refractivity contribution in [2.75, 3.05) is 25.1 Å². The van der Waals surface area contributed by atoms with E-state index in [1.54, 1.807) is 6.07 Å². The van der Waals surface area contributed by atoms with Crippen molar-refractivity contribution in [3.05, 3.63) is 34.6 Å². The summed E-state index contributed by atoms with van der Waals surface area (Å²) in [6, 6.07) is 6.93. The molecule has 1 heterocycles. The van der Waals surface area contributed by atoms with E-state index in [2.05, 4.69) is 26.2 Å². The molecule has 0 amide bonds. The van der Waals surface area contributed by atoms with Gasteiger partial charge in [-0.1, -0.05) is 0 Å². The minimum atomic E-state index is -0.304.